The summed E-state index contributed by atoms with van der Waals surface area (Å²) in [5.41, 5.74) is 2.10. The van der Waals surface area contributed by atoms with Crippen molar-refractivity contribution >= 4 is 5.69 Å². The zero-order valence-corrected chi connectivity index (χ0v) is 9.34. The van der Waals surface area contributed by atoms with E-state index in [0.29, 0.717) is 5.88 Å². The van der Waals surface area contributed by atoms with E-state index < -0.39 is 0 Å². The van der Waals surface area contributed by atoms with Crippen LogP contribution in [0.3, 0.4) is 0 Å². The Morgan fingerprint density at radius 3 is 2.94 bits per heavy atom. The zero-order valence-electron chi connectivity index (χ0n) is 9.34. The van der Waals surface area contributed by atoms with Crippen molar-refractivity contribution in [2.24, 2.45) is 7.05 Å². The van der Waals surface area contributed by atoms with Gasteiger partial charge in [-0.05, 0) is 12.1 Å². The molecule has 84 valence electrons. The van der Waals surface area contributed by atoms with Gasteiger partial charge in [-0.15, -0.1) is 0 Å². The molecule has 0 amide bonds. The van der Waals surface area contributed by atoms with Crippen LogP contribution < -0.4 is 10.1 Å². The van der Waals surface area contributed by atoms with E-state index in [2.05, 4.69) is 15.4 Å². The molecule has 2 aromatic rings. The molecule has 0 saturated heterocycles. The summed E-state index contributed by atoms with van der Waals surface area (Å²) in [6.07, 6.45) is 3.49. The minimum Gasteiger partial charge on any atom is -0.481 e. The van der Waals surface area contributed by atoms with Crippen LogP contribution in [0.25, 0.3) is 0 Å². The van der Waals surface area contributed by atoms with Crippen LogP contribution >= 0.6 is 0 Å². The number of nitrogens with zero attached hydrogens (tertiary/aromatic N) is 3. The number of anilines is 1. The topological polar surface area (TPSA) is 52.0 Å². The lowest BCUT2D eigenvalue weighted by Gasteiger charge is -2.07. The lowest BCUT2D eigenvalue weighted by molar-refractivity contribution is 0.398. The molecule has 0 aliphatic carbocycles. The van der Waals surface area contributed by atoms with Crippen LogP contribution in [0.15, 0.2) is 30.6 Å². The van der Waals surface area contributed by atoms with Crippen molar-refractivity contribution in [3.8, 4) is 5.88 Å². The van der Waals surface area contributed by atoms with Gasteiger partial charge in [0, 0.05) is 31.2 Å². The third-order valence-electron chi connectivity index (χ3n) is 2.34. The Bertz CT molecular complexity index is 467. The quantitative estimate of drug-likeness (QED) is 0.843. The predicted octanol–water partition coefficient (Wildman–Crippen LogP) is 1.44. The monoisotopic (exact) mass is 218 g/mol. The maximum Gasteiger partial charge on any atom is 0.214 e. The maximum absolute atomic E-state index is 5.05. The average Bonchev–Trinajstić information content (AvgIpc) is 2.72. The van der Waals surface area contributed by atoms with Crippen LogP contribution in [0.4, 0.5) is 5.69 Å². The number of aryl methyl sites for hydroxylation is 1. The second kappa shape index (κ2) is 4.65. The highest BCUT2D eigenvalue weighted by molar-refractivity contribution is 5.45. The van der Waals surface area contributed by atoms with Crippen molar-refractivity contribution in [1.29, 1.82) is 0 Å². The molecule has 0 bridgehead atoms. The van der Waals surface area contributed by atoms with Crippen molar-refractivity contribution < 1.29 is 4.74 Å². The summed E-state index contributed by atoms with van der Waals surface area (Å²) in [4.78, 5) is 4.04. The Hall–Kier alpha value is -2.04. The Morgan fingerprint density at radius 1 is 1.38 bits per heavy atom. The fraction of sp³-hybridized carbons (Fsp3) is 0.273. The fourth-order valence-electron chi connectivity index (χ4n) is 1.40. The van der Waals surface area contributed by atoms with Gasteiger partial charge in [0.25, 0.3) is 0 Å². The van der Waals surface area contributed by atoms with Crippen molar-refractivity contribution in [1.82, 2.24) is 14.8 Å². The summed E-state index contributed by atoms with van der Waals surface area (Å²) in [7, 11) is 3.53. The van der Waals surface area contributed by atoms with Gasteiger partial charge < -0.3 is 10.1 Å². The van der Waals surface area contributed by atoms with Gasteiger partial charge in [-0.3, -0.25) is 4.68 Å². The second-order valence-electron chi connectivity index (χ2n) is 3.39. The Morgan fingerprint density at radius 2 is 2.25 bits per heavy atom. The van der Waals surface area contributed by atoms with Gasteiger partial charge in [-0.1, -0.05) is 0 Å². The molecule has 0 spiro atoms. The van der Waals surface area contributed by atoms with E-state index in [9.17, 15) is 0 Å². The first-order valence-corrected chi connectivity index (χ1v) is 5.00. The van der Waals surface area contributed by atoms with Crippen LogP contribution in [-0.4, -0.2) is 21.9 Å². The molecular weight excluding hydrogens is 204 g/mol. The van der Waals surface area contributed by atoms with Crippen LogP contribution in [0.2, 0.25) is 0 Å². The van der Waals surface area contributed by atoms with Gasteiger partial charge in [-0.25, -0.2) is 4.98 Å². The third kappa shape index (κ3) is 2.31. The molecular formula is C11H14N4O. The number of ether oxygens (including phenoxy) is 1. The fourth-order valence-corrected chi connectivity index (χ4v) is 1.40. The Balaban J connectivity index is 2.02. The van der Waals surface area contributed by atoms with E-state index in [1.807, 2.05) is 29.9 Å². The lowest BCUT2D eigenvalue weighted by Crippen LogP contribution is -2.05. The summed E-state index contributed by atoms with van der Waals surface area (Å²) in [6, 6.07) is 5.74. The summed E-state index contributed by atoms with van der Waals surface area (Å²) in [6.45, 7) is 0.726. The van der Waals surface area contributed by atoms with Crippen LogP contribution in [0, 0.1) is 0 Å². The summed E-state index contributed by atoms with van der Waals surface area (Å²) < 4.78 is 6.89. The van der Waals surface area contributed by atoms with Gasteiger partial charge in [0.1, 0.15) is 0 Å². The Labute approximate surface area is 94.1 Å². The number of nitrogens with one attached hydrogen (secondary N) is 1. The third-order valence-corrected chi connectivity index (χ3v) is 2.34. The number of rotatable bonds is 4. The number of hydrogen-bond donors (Lipinski definition) is 1. The second-order valence-corrected chi connectivity index (χ2v) is 3.39. The smallest absolute Gasteiger partial charge is 0.214 e. The minimum absolute atomic E-state index is 0.606. The first kappa shape index (κ1) is 10.5. The first-order valence-electron chi connectivity index (χ1n) is 5.00. The van der Waals surface area contributed by atoms with Crippen LogP contribution in [0.5, 0.6) is 5.88 Å². The van der Waals surface area contributed by atoms with E-state index in [4.69, 9.17) is 4.74 Å². The molecule has 0 aliphatic heterocycles. The molecule has 0 radical (unpaired) electrons. The molecule has 2 heterocycles. The molecule has 5 nitrogen and oxygen atoms in total. The molecule has 2 rings (SSSR count). The molecule has 5 heteroatoms. The average molecular weight is 218 g/mol. The van der Waals surface area contributed by atoms with Gasteiger partial charge in [0.05, 0.1) is 19.3 Å². The summed E-state index contributed by atoms with van der Waals surface area (Å²) in [5.74, 6) is 0.606. The first-order chi connectivity index (χ1) is 7.79. The number of pyridine rings is 1. The largest absolute Gasteiger partial charge is 0.481 e. The molecule has 0 aromatic carbocycles. The highest BCUT2D eigenvalue weighted by Gasteiger charge is 1.99. The van der Waals surface area contributed by atoms with Gasteiger partial charge in [0.15, 0.2) is 0 Å². The van der Waals surface area contributed by atoms with Crippen molar-refractivity contribution in [3.63, 3.8) is 0 Å². The molecule has 0 aliphatic rings. The lowest BCUT2D eigenvalue weighted by atomic mass is 10.3. The van der Waals surface area contributed by atoms with Crippen molar-refractivity contribution in [2.45, 2.75) is 6.54 Å². The molecule has 1 N–H and O–H groups in total. The Kier molecular flexibility index (Phi) is 3.05. The van der Waals surface area contributed by atoms with E-state index >= 15 is 0 Å². The summed E-state index contributed by atoms with van der Waals surface area (Å²) >= 11 is 0. The molecule has 2 aromatic heterocycles. The molecule has 0 saturated carbocycles. The van der Waals surface area contributed by atoms with Crippen molar-refractivity contribution in [3.05, 3.63) is 36.3 Å². The number of methoxy groups -OCH3 is 1. The van der Waals surface area contributed by atoms with Crippen LogP contribution in [-0.2, 0) is 13.6 Å². The predicted molar refractivity (Wildman–Crippen MR) is 61.3 cm³/mol. The van der Waals surface area contributed by atoms with Gasteiger partial charge in [-0.2, -0.15) is 5.10 Å². The van der Waals surface area contributed by atoms with Gasteiger partial charge in [0.2, 0.25) is 5.88 Å². The highest BCUT2D eigenvalue weighted by atomic mass is 16.5. The highest BCUT2D eigenvalue weighted by Crippen LogP contribution is 2.14. The molecule has 0 fully saturated rings. The minimum atomic E-state index is 0.606. The standard InChI is InChI=1S/C11H14N4O/c1-15-10(4-6-14-15)8-13-9-3-5-12-11(7-9)16-2/h3-7H,8H2,1-2H3,(H,12,13). The number of aromatic nitrogens is 3. The number of hydrogen-bond acceptors (Lipinski definition) is 4. The van der Waals surface area contributed by atoms with Gasteiger partial charge >= 0.3 is 0 Å². The summed E-state index contributed by atoms with van der Waals surface area (Å²) in [5, 5.41) is 7.38. The zero-order chi connectivity index (χ0) is 11.4. The normalized spacial score (nSPS) is 10.1. The van der Waals surface area contributed by atoms with E-state index in [1.54, 1.807) is 19.5 Å². The molecule has 0 unspecified atom stereocenters. The van der Waals surface area contributed by atoms with E-state index in [0.717, 1.165) is 17.9 Å². The molecule has 0 atom stereocenters. The van der Waals surface area contributed by atoms with E-state index in [-0.39, 0.29) is 0 Å². The van der Waals surface area contributed by atoms with Crippen LogP contribution in [0.1, 0.15) is 5.69 Å². The van der Waals surface area contributed by atoms with E-state index in [1.165, 1.54) is 0 Å². The SMILES string of the molecule is COc1cc(NCc2ccnn2C)ccn1. The van der Waals surface area contributed by atoms with Crippen molar-refractivity contribution in [2.75, 3.05) is 12.4 Å². The maximum atomic E-state index is 5.05. The molecule has 16 heavy (non-hydrogen) atoms.